The zero-order valence-corrected chi connectivity index (χ0v) is 16.6. The number of nitrogens with zero attached hydrogens (tertiary/aromatic N) is 1. The van der Waals surface area contributed by atoms with Gasteiger partial charge in [0.05, 0.1) is 10.7 Å². The number of carbonyl (C=O) groups excluding carboxylic acids is 2. The van der Waals surface area contributed by atoms with Crippen molar-refractivity contribution >= 4 is 40.5 Å². The van der Waals surface area contributed by atoms with Gasteiger partial charge in [0.15, 0.2) is 5.78 Å². The van der Waals surface area contributed by atoms with Crippen LogP contribution in [0.3, 0.4) is 0 Å². The highest BCUT2D eigenvalue weighted by molar-refractivity contribution is 6.33. The molecule has 0 aliphatic rings. The van der Waals surface area contributed by atoms with Crippen LogP contribution in [0.1, 0.15) is 38.8 Å². The van der Waals surface area contributed by atoms with E-state index in [-0.39, 0.29) is 11.7 Å². The lowest BCUT2D eigenvalue weighted by Crippen LogP contribution is -2.12. The summed E-state index contributed by atoms with van der Waals surface area (Å²) in [5, 5.41) is 6.60. The van der Waals surface area contributed by atoms with Gasteiger partial charge >= 0.3 is 0 Å². The molecule has 0 atom stereocenters. The second-order valence-corrected chi connectivity index (χ2v) is 6.99. The number of amides is 1. The van der Waals surface area contributed by atoms with Crippen LogP contribution in [0.4, 0.5) is 17.2 Å². The number of ketones is 1. The van der Waals surface area contributed by atoms with Crippen LogP contribution in [0.5, 0.6) is 0 Å². The van der Waals surface area contributed by atoms with Gasteiger partial charge in [-0.05, 0) is 74.4 Å². The van der Waals surface area contributed by atoms with E-state index in [2.05, 4.69) is 15.6 Å². The maximum atomic E-state index is 12.6. The predicted molar refractivity (Wildman–Crippen MR) is 113 cm³/mol. The number of carbonyl (C=O) groups is 2. The maximum absolute atomic E-state index is 12.6. The Balaban J connectivity index is 1.77. The summed E-state index contributed by atoms with van der Waals surface area (Å²) in [7, 11) is 0. The van der Waals surface area contributed by atoms with Gasteiger partial charge in [-0.25, -0.2) is 4.98 Å². The van der Waals surface area contributed by atoms with E-state index in [4.69, 9.17) is 11.6 Å². The maximum Gasteiger partial charge on any atom is 0.255 e. The quantitative estimate of drug-likeness (QED) is 0.557. The van der Waals surface area contributed by atoms with Crippen LogP contribution < -0.4 is 10.6 Å². The van der Waals surface area contributed by atoms with Crippen molar-refractivity contribution < 1.29 is 9.59 Å². The number of anilines is 3. The molecule has 28 heavy (non-hydrogen) atoms. The zero-order chi connectivity index (χ0) is 20.3. The molecule has 1 heterocycles. The smallest absolute Gasteiger partial charge is 0.255 e. The molecular weight excluding hydrogens is 374 g/mol. The third-order valence-electron chi connectivity index (χ3n) is 4.26. The van der Waals surface area contributed by atoms with Crippen molar-refractivity contribution in [3.63, 3.8) is 0 Å². The van der Waals surface area contributed by atoms with E-state index >= 15 is 0 Å². The van der Waals surface area contributed by atoms with Crippen LogP contribution in [0.2, 0.25) is 5.02 Å². The SMILES string of the molecule is CC(=O)c1ccc(NC(=O)c2ccnc(Nc3c(C)cc(C)cc3Cl)c2)cc1. The molecule has 2 aromatic carbocycles. The van der Waals surface area contributed by atoms with E-state index in [1.165, 1.54) is 6.92 Å². The second kappa shape index (κ2) is 8.23. The van der Waals surface area contributed by atoms with E-state index in [0.717, 1.165) is 16.8 Å². The summed E-state index contributed by atoms with van der Waals surface area (Å²) in [6, 6.07) is 13.9. The Labute approximate surface area is 168 Å². The normalized spacial score (nSPS) is 10.4. The number of pyridine rings is 1. The Morgan fingerprint density at radius 1 is 0.964 bits per heavy atom. The summed E-state index contributed by atoms with van der Waals surface area (Å²) < 4.78 is 0. The molecule has 6 heteroatoms. The fourth-order valence-electron chi connectivity index (χ4n) is 2.83. The van der Waals surface area contributed by atoms with Crippen LogP contribution in [-0.4, -0.2) is 16.7 Å². The number of rotatable bonds is 5. The van der Waals surface area contributed by atoms with Gasteiger partial charge in [-0.2, -0.15) is 0 Å². The lowest BCUT2D eigenvalue weighted by molar-refractivity contribution is 0.101. The number of halogens is 1. The highest BCUT2D eigenvalue weighted by atomic mass is 35.5. The van der Waals surface area contributed by atoms with E-state index in [1.807, 2.05) is 26.0 Å². The van der Waals surface area contributed by atoms with Crippen molar-refractivity contribution in [3.8, 4) is 0 Å². The molecule has 0 fully saturated rings. The van der Waals surface area contributed by atoms with Crippen LogP contribution in [0, 0.1) is 13.8 Å². The van der Waals surface area contributed by atoms with Crippen molar-refractivity contribution in [1.82, 2.24) is 4.98 Å². The minimum Gasteiger partial charge on any atom is -0.339 e. The topological polar surface area (TPSA) is 71.1 Å². The van der Waals surface area contributed by atoms with Gasteiger partial charge in [-0.3, -0.25) is 9.59 Å². The average molecular weight is 394 g/mol. The molecule has 0 unspecified atom stereocenters. The Morgan fingerprint density at radius 3 is 2.32 bits per heavy atom. The molecule has 0 saturated heterocycles. The predicted octanol–water partition coefficient (Wildman–Crippen LogP) is 5.55. The van der Waals surface area contributed by atoms with Gasteiger partial charge < -0.3 is 10.6 Å². The van der Waals surface area contributed by atoms with E-state index in [1.54, 1.807) is 42.6 Å². The van der Waals surface area contributed by atoms with E-state index < -0.39 is 0 Å². The Morgan fingerprint density at radius 2 is 1.68 bits per heavy atom. The molecule has 0 radical (unpaired) electrons. The number of nitrogens with one attached hydrogen (secondary N) is 2. The van der Waals surface area contributed by atoms with Crippen LogP contribution in [-0.2, 0) is 0 Å². The van der Waals surface area contributed by atoms with Gasteiger partial charge in [-0.15, -0.1) is 0 Å². The van der Waals surface area contributed by atoms with E-state index in [9.17, 15) is 9.59 Å². The summed E-state index contributed by atoms with van der Waals surface area (Å²) in [6.45, 7) is 5.44. The van der Waals surface area contributed by atoms with Crippen molar-refractivity contribution in [2.45, 2.75) is 20.8 Å². The molecule has 3 rings (SSSR count). The first-order chi connectivity index (χ1) is 13.3. The number of hydrogen-bond donors (Lipinski definition) is 2. The number of Topliss-reactive ketones (excluding diaryl/α,β-unsaturated/α-hetero) is 1. The molecule has 142 valence electrons. The summed E-state index contributed by atoms with van der Waals surface area (Å²) in [5.74, 6) is 0.231. The molecule has 1 aromatic heterocycles. The molecular formula is C22H20ClN3O2. The van der Waals surface area contributed by atoms with Crippen LogP contribution in [0.25, 0.3) is 0 Å². The second-order valence-electron chi connectivity index (χ2n) is 6.58. The first-order valence-corrected chi connectivity index (χ1v) is 9.13. The summed E-state index contributed by atoms with van der Waals surface area (Å²) >= 11 is 6.34. The monoisotopic (exact) mass is 393 g/mol. The van der Waals surface area contributed by atoms with Crippen LogP contribution >= 0.6 is 11.6 Å². The molecule has 0 saturated carbocycles. The lowest BCUT2D eigenvalue weighted by Gasteiger charge is -2.13. The van der Waals surface area contributed by atoms with Gasteiger partial charge in [0, 0.05) is 23.0 Å². The first kappa shape index (κ1) is 19.6. The van der Waals surface area contributed by atoms with Crippen LogP contribution in [0.15, 0.2) is 54.7 Å². The molecule has 0 bridgehead atoms. The molecule has 0 aliphatic heterocycles. The van der Waals surface area contributed by atoms with Gasteiger partial charge in [0.2, 0.25) is 0 Å². The van der Waals surface area contributed by atoms with Crippen molar-refractivity contribution in [2.75, 3.05) is 10.6 Å². The number of aryl methyl sites for hydroxylation is 2. The molecule has 1 amide bonds. The van der Waals surface area contributed by atoms with Crippen molar-refractivity contribution in [1.29, 1.82) is 0 Å². The highest BCUT2D eigenvalue weighted by Gasteiger charge is 2.11. The number of hydrogen-bond acceptors (Lipinski definition) is 4. The molecule has 3 aromatic rings. The Bertz CT molecular complexity index is 1020. The molecule has 5 nitrogen and oxygen atoms in total. The number of aromatic nitrogens is 1. The molecule has 0 spiro atoms. The Hall–Kier alpha value is -3.18. The van der Waals surface area contributed by atoms with E-state index in [0.29, 0.717) is 27.7 Å². The standard InChI is InChI=1S/C22H20ClN3O2/c1-13-10-14(2)21(19(23)11-13)26-20-12-17(8-9-24-20)22(28)25-18-6-4-16(5-7-18)15(3)27/h4-12H,1-3H3,(H,24,26)(H,25,28). The minimum atomic E-state index is -0.271. The molecule has 2 N–H and O–H groups in total. The highest BCUT2D eigenvalue weighted by Crippen LogP contribution is 2.29. The summed E-state index contributed by atoms with van der Waals surface area (Å²) in [6.07, 6.45) is 1.56. The summed E-state index contributed by atoms with van der Waals surface area (Å²) in [4.78, 5) is 28.2. The van der Waals surface area contributed by atoms with Crippen molar-refractivity contribution in [3.05, 3.63) is 82.0 Å². The molecule has 0 aliphatic carbocycles. The zero-order valence-electron chi connectivity index (χ0n) is 15.8. The summed E-state index contributed by atoms with van der Waals surface area (Å²) in [5.41, 5.74) is 4.49. The average Bonchev–Trinajstić information content (AvgIpc) is 2.65. The third kappa shape index (κ3) is 4.56. The fraction of sp³-hybridized carbons (Fsp3) is 0.136. The third-order valence-corrected chi connectivity index (χ3v) is 4.55. The van der Waals surface area contributed by atoms with Gasteiger partial charge in [-0.1, -0.05) is 17.7 Å². The van der Waals surface area contributed by atoms with Gasteiger partial charge in [0.1, 0.15) is 5.82 Å². The lowest BCUT2D eigenvalue weighted by atomic mass is 10.1. The number of benzene rings is 2. The fourth-order valence-corrected chi connectivity index (χ4v) is 3.20. The minimum absolute atomic E-state index is 0.0206. The van der Waals surface area contributed by atoms with Gasteiger partial charge in [0.25, 0.3) is 5.91 Å². The largest absolute Gasteiger partial charge is 0.339 e. The van der Waals surface area contributed by atoms with Crippen molar-refractivity contribution in [2.24, 2.45) is 0 Å². The Kier molecular flexibility index (Phi) is 5.76. The first-order valence-electron chi connectivity index (χ1n) is 8.75.